The van der Waals surface area contributed by atoms with Gasteiger partial charge in [-0.3, -0.25) is 4.79 Å². The van der Waals surface area contributed by atoms with E-state index in [4.69, 9.17) is 0 Å². The zero-order valence-corrected chi connectivity index (χ0v) is 12.5. The fraction of sp³-hybridized carbons (Fsp3) is 0.133. The first-order valence-corrected chi connectivity index (χ1v) is 8.16. The van der Waals surface area contributed by atoms with E-state index in [-0.39, 0.29) is 17.0 Å². The van der Waals surface area contributed by atoms with E-state index >= 15 is 0 Å². The summed E-state index contributed by atoms with van der Waals surface area (Å²) in [6.45, 7) is 0. The van der Waals surface area contributed by atoms with Gasteiger partial charge in [0.25, 0.3) is 0 Å². The molecule has 0 atom stereocenters. The van der Waals surface area contributed by atoms with E-state index in [1.165, 1.54) is 0 Å². The maximum absolute atomic E-state index is 13.0. The van der Waals surface area contributed by atoms with Crippen molar-refractivity contribution in [1.82, 2.24) is 0 Å². The van der Waals surface area contributed by atoms with Gasteiger partial charge in [-0.25, -0.2) is 21.6 Å². The van der Waals surface area contributed by atoms with Crippen molar-refractivity contribution in [3.63, 3.8) is 0 Å². The molecule has 0 saturated heterocycles. The molecule has 0 aliphatic rings. The number of rotatable bonds is 5. The fourth-order valence-corrected chi connectivity index (χ4v) is 3.02. The SMILES string of the molecule is O=C(CCS(=O)(=O)c1ccc(F)cc1)Nc1ccc(F)c(F)c1. The van der Waals surface area contributed by atoms with Crippen molar-refractivity contribution in [2.24, 2.45) is 0 Å². The first-order chi connectivity index (χ1) is 10.8. The minimum Gasteiger partial charge on any atom is -0.326 e. The monoisotopic (exact) mass is 343 g/mol. The molecule has 8 heteroatoms. The molecule has 0 saturated carbocycles. The fourth-order valence-electron chi connectivity index (χ4n) is 1.78. The van der Waals surface area contributed by atoms with Gasteiger partial charge in [-0.05, 0) is 36.4 Å². The Morgan fingerprint density at radius 1 is 0.957 bits per heavy atom. The Bertz CT molecular complexity index is 820. The second kappa shape index (κ2) is 6.82. The number of hydrogen-bond acceptors (Lipinski definition) is 3. The van der Waals surface area contributed by atoms with Crippen LogP contribution in [0.2, 0.25) is 0 Å². The van der Waals surface area contributed by atoms with E-state index < -0.39 is 38.9 Å². The van der Waals surface area contributed by atoms with Crippen LogP contribution in [0.5, 0.6) is 0 Å². The first kappa shape index (κ1) is 17.0. The topological polar surface area (TPSA) is 63.2 Å². The Morgan fingerprint density at radius 2 is 1.61 bits per heavy atom. The second-order valence-electron chi connectivity index (χ2n) is 4.70. The summed E-state index contributed by atoms with van der Waals surface area (Å²) in [5.41, 5.74) is 0.0214. The van der Waals surface area contributed by atoms with Crippen LogP contribution in [0.1, 0.15) is 6.42 Å². The van der Waals surface area contributed by atoms with E-state index in [2.05, 4.69) is 5.32 Å². The Hall–Kier alpha value is -2.35. The van der Waals surface area contributed by atoms with Gasteiger partial charge in [-0.2, -0.15) is 0 Å². The van der Waals surface area contributed by atoms with Gasteiger partial charge in [-0.15, -0.1) is 0 Å². The van der Waals surface area contributed by atoms with Crippen LogP contribution in [0, 0.1) is 17.5 Å². The highest BCUT2D eigenvalue weighted by Crippen LogP contribution is 2.15. The number of hydrogen-bond donors (Lipinski definition) is 1. The molecule has 23 heavy (non-hydrogen) atoms. The molecule has 0 aromatic heterocycles. The Morgan fingerprint density at radius 3 is 2.22 bits per heavy atom. The number of nitrogens with one attached hydrogen (secondary N) is 1. The molecule has 2 aromatic carbocycles. The smallest absolute Gasteiger partial charge is 0.225 e. The maximum Gasteiger partial charge on any atom is 0.225 e. The summed E-state index contributed by atoms with van der Waals surface area (Å²) < 4.78 is 62.5. The average molecular weight is 343 g/mol. The highest BCUT2D eigenvalue weighted by Gasteiger charge is 2.17. The summed E-state index contributed by atoms with van der Waals surface area (Å²) in [5, 5.41) is 2.27. The van der Waals surface area contributed by atoms with Gasteiger partial charge in [0.1, 0.15) is 5.82 Å². The Labute approximate surface area is 130 Å². The Balaban J connectivity index is 1.98. The number of carbonyl (C=O) groups excluding carboxylic acids is 1. The van der Waals surface area contributed by atoms with E-state index in [1.807, 2.05) is 0 Å². The van der Waals surface area contributed by atoms with E-state index in [1.54, 1.807) is 0 Å². The van der Waals surface area contributed by atoms with Crippen molar-refractivity contribution in [3.05, 3.63) is 59.9 Å². The van der Waals surface area contributed by atoms with Gasteiger partial charge in [-0.1, -0.05) is 0 Å². The van der Waals surface area contributed by atoms with Crippen molar-refractivity contribution in [3.8, 4) is 0 Å². The first-order valence-electron chi connectivity index (χ1n) is 6.51. The van der Waals surface area contributed by atoms with Gasteiger partial charge in [0.05, 0.1) is 10.6 Å². The number of benzene rings is 2. The zero-order chi connectivity index (χ0) is 17.0. The van der Waals surface area contributed by atoms with Crippen LogP contribution in [-0.4, -0.2) is 20.1 Å². The molecule has 122 valence electrons. The maximum atomic E-state index is 13.0. The van der Waals surface area contributed by atoms with Gasteiger partial charge < -0.3 is 5.32 Å². The molecule has 4 nitrogen and oxygen atoms in total. The lowest BCUT2D eigenvalue weighted by Crippen LogP contribution is -2.17. The molecule has 0 fully saturated rings. The summed E-state index contributed by atoms with van der Waals surface area (Å²) >= 11 is 0. The largest absolute Gasteiger partial charge is 0.326 e. The third-order valence-electron chi connectivity index (χ3n) is 2.97. The number of halogens is 3. The van der Waals surface area contributed by atoms with Crippen LogP contribution in [-0.2, 0) is 14.6 Å². The normalized spacial score (nSPS) is 11.3. The lowest BCUT2D eigenvalue weighted by molar-refractivity contribution is -0.115. The van der Waals surface area contributed by atoms with E-state index in [0.717, 1.165) is 42.5 Å². The van der Waals surface area contributed by atoms with E-state index in [0.29, 0.717) is 0 Å². The Kier molecular flexibility index (Phi) is 5.05. The van der Waals surface area contributed by atoms with Crippen LogP contribution in [0.3, 0.4) is 0 Å². The molecule has 1 N–H and O–H groups in total. The molecule has 0 aliphatic heterocycles. The number of sulfone groups is 1. The molecular formula is C15H12F3NO3S. The third kappa shape index (κ3) is 4.56. The highest BCUT2D eigenvalue weighted by molar-refractivity contribution is 7.91. The minimum atomic E-state index is -3.74. The van der Waals surface area contributed by atoms with Crippen LogP contribution in [0.4, 0.5) is 18.9 Å². The molecule has 0 heterocycles. The summed E-state index contributed by atoms with van der Waals surface area (Å²) in [5.74, 6) is -3.90. The molecule has 0 bridgehead atoms. The number of anilines is 1. The van der Waals surface area contributed by atoms with E-state index in [9.17, 15) is 26.4 Å². The predicted octanol–water partition coefficient (Wildman–Crippen LogP) is 2.91. The lowest BCUT2D eigenvalue weighted by atomic mass is 10.3. The van der Waals surface area contributed by atoms with Crippen LogP contribution >= 0.6 is 0 Å². The lowest BCUT2D eigenvalue weighted by Gasteiger charge is -2.07. The van der Waals surface area contributed by atoms with Crippen LogP contribution in [0.25, 0.3) is 0 Å². The molecule has 1 amide bonds. The van der Waals surface area contributed by atoms with Crippen molar-refractivity contribution < 1.29 is 26.4 Å². The quantitative estimate of drug-likeness (QED) is 0.849. The average Bonchev–Trinajstić information content (AvgIpc) is 2.50. The molecule has 2 aromatic rings. The molecule has 0 aliphatic carbocycles. The van der Waals surface area contributed by atoms with Crippen molar-refractivity contribution in [1.29, 1.82) is 0 Å². The summed E-state index contributed by atoms with van der Waals surface area (Å²) in [7, 11) is -3.74. The molecule has 0 radical (unpaired) electrons. The summed E-state index contributed by atoms with van der Waals surface area (Å²) in [6.07, 6.45) is -0.376. The van der Waals surface area contributed by atoms with Crippen molar-refractivity contribution in [2.75, 3.05) is 11.1 Å². The van der Waals surface area contributed by atoms with Crippen LogP contribution in [0.15, 0.2) is 47.4 Å². The van der Waals surface area contributed by atoms with Gasteiger partial charge in [0.15, 0.2) is 21.5 Å². The van der Waals surface area contributed by atoms with Crippen molar-refractivity contribution >= 4 is 21.4 Å². The van der Waals surface area contributed by atoms with Gasteiger partial charge in [0, 0.05) is 18.2 Å². The molecular weight excluding hydrogens is 331 g/mol. The highest BCUT2D eigenvalue weighted by atomic mass is 32.2. The van der Waals surface area contributed by atoms with Crippen molar-refractivity contribution in [2.45, 2.75) is 11.3 Å². The van der Waals surface area contributed by atoms with Gasteiger partial charge in [0.2, 0.25) is 5.91 Å². The third-order valence-corrected chi connectivity index (χ3v) is 4.71. The predicted molar refractivity (Wildman–Crippen MR) is 78.1 cm³/mol. The summed E-state index contributed by atoms with van der Waals surface area (Å²) in [4.78, 5) is 11.6. The standard InChI is InChI=1S/C15H12F3NO3S/c16-10-1-4-12(5-2-10)23(21,22)8-7-15(20)19-11-3-6-13(17)14(18)9-11/h1-6,9H,7-8H2,(H,19,20). The second-order valence-corrected chi connectivity index (χ2v) is 6.81. The van der Waals surface area contributed by atoms with Gasteiger partial charge >= 0.3 is 0 Å². The van der Waals surface area contributed by atoms with Crippen LogP contribution < -0.4 is 5.32 Å². The summed E-state index contributed by atoms with van der Waals surface area (Å²) in [6, 6.07) is 7.03. The number of amides is 1. The molecule has 0 unspecified atom stereocenters. The number of carbonyl (C=O) groups is 1. The minimum absolute atomic E-state index is 0.0214. The zero-order valence-electron chi connectivity index (χ0n) is 11.7. The molecule has 2 rings (SSSR count). The molecule has 0 spiro atoms.